The monoisotopic (exact) mass is 732 g/mol. The number of aromatic nitrogens is 2. The first-order chi connectivity index (χ1) is 25.4. The van der Waals surface area contributed by atoms with Gasteiger partial charge in [0.1, 0.15) is 41.6 Å². The van der Waals surface area contributed by atoms with Crippen LogP contribution in [0.1, 0.15) is 61.4 Å². The summed E-state index contributed by atoms with van der Waals surface area (Å²) >= 11 is 0. The Hall–Kier alpha value is -5.36. The third-order valence-corrected chi connectivity index (χ3v) is 10.8. The lowest BCUT2D eigenvalue weighted by molar-refractivity contribution is -0.149. The van der Waals surface area contributed by atoms with Crippen molar-refractivity contribution in [1.82, 2.24) is 19.8 Å². The molecule has 15 heteroatoms. The number of hydrogen-bond acceptors (Lipinski definition) is 11. The third-order valence-electron chi connectivity index (χ3n) is 10.8. The van der Waals surface area contributed by atoms with Crippen LogP contribution in [0.5, 0.6) is 11.8 Å². The molecule has 4 aliphatic rings. The van der Waals surface area contributed by atoms with Crippen molar-refractivity contribution in [2.75, 3.05) is 44.5 Å². The molecule has 3 aromatic rings. The summed E-state index contributed by atoms with van der Waals surface area (Å²) in [6.45, 7) is 7.74. The fraction of sp³-hybridized carbons (Fsp3) is 0.447. The molecule has 1 aromatic heterocycles. The van der Waals surface area contributed by atoms with Crippen LogP contribution in [0.2, 0.25) is 0 Å². The van der Waals surface area contributed by atoms with E-state index in [9.17, 15) is 23.5 Å². The number of phenolic OH excluding ortho intramolecular Hbond substituents is 1. The number of alkyl halides is 1. The second-order valence-corrected chi connectivity index (χ2v) is 14.0. The van der Waals surface area contributed by atoms with Crippen LogP contribution in [0.4, 0.5) is 23.8 Å². The summed E-state index contributed by atoms with van der Waals surface area (Å²) in [5, 5.41) is 11.1. The van der Waals surface area contributed by atoms with Crippen molar-refractivity contribution in [3.63, 3.8) is 0 Å². The number of phenols is 1. The number of piperazine rings is 1. The Kier molecular flexibility index (Phi) is 9.67. The van der Waals surface area contributed by atoms with Crippen LogP contribution in [0.25, 0.3) is 22.3 Å². The molecule has 2 bridgehead atoms. The zero-order valence-corrected chi connectivity index (χ0v) is 29.4. The Morgan fingerprint density at radius 1 is 1.17 bits per heavy atom. The number of carbonyl (C=O) groups excluding carboxylic acids is 2. The van der Waals surface area contributed by atoms with Crippen molar-refractivity contribution in [2.45, 2.75) is 69.7 Å². The molecule has 5 heterocycles. The van der Waals surface area contributed by atoms with E-state index in [-0.39, 0.29) is 58.4 Å². The van der Waals surface area contributed by atoms with E-state index in [1.807, 2.05) is 4.90 Å². The summed E-state index contributed by atoms with van der Waals surface area (Å²) in [5.74, 6) is 0.205. The third kappa shape index (κ3) is 6.60. The maximum atomic E-state index is 17.2. The second-order valence-electron chi connectivity index (χ2n) is 14.0. The van der Waals surface area contributed by atoms with Crippen molar-refractivity contribution in [1.29, 1.82) is 0 Å². The highest BCUT2D eigenvalue weighted by atomic mass is 19.1. The average Bonchev–Trinajstić information content (AvgIpc) is 3.74. The van der Waals surface area contributed by atoms with Gasteiger partial charge in [-0.3, -0.25) is 19.6 Å². The lowest BCUT2D eigenvalue weighted by atomic mass is 9.95. The standard InChI is InChI=1S/C38H39F3N6O6/c1-5-28-30(40)10-7-23-13-27(49)14-29(31(23)28)34(42-4)32(41)33-21(2)35(44-36(43-33)51-19-38-11-6-12-46(38)16-24(39)15-38)45-17-25-8-9-26(18-45)47(25)37(50)53-20-52-22(3)48/h1,7,10,13-14,24-26,49H,4,6,8-9,11-12,15-20H2,2-3H3/b34-32+/t24-,25?,26?,38+/m1/s1. The van der Waals surface area contributed by atoms with Gasteiger partial charge >= 0.3 is 18.1 Å². The number of halogens is 3. The van der Waals surface area contributed by atoms with Crippen molar-refractivity contribution >= 4 is 46.9 Å². The molecule has 0 aliphatic carbocycles. The van der Waals surface area contributed by atoms with Gasteiger partial charge in [0.25, 0.3) is 0 Å². The molecule has 4 atom stereocenters. The van der Waals surface area contributed by atoms with Gasteiger partial charge in [-0.05, 0) is 69.5 Å². The smallest absolute Gasteiger partial charge is 0.413 e. The van der Waals surface area contributed by atoms with Crippen molar-refractivity contribution in [3.05, 3.63) is 52.5 Å². The van der Waals surface area contributed by atoms with E-state index < -0.39 is 42.2 Å². The Balaban J connectivity index is 1.30. The molecular formula is C38H39F3N6O6. The predicted molar refractivity (Wildman–Crippen MR) is 190 cm³/mol. The average molecular weight is 733 g/mol. The molecule has 12 nitrogen and oxygen atoms in total. The highest BCUT2D eigenvalue weighted by Crippen LogP contribution is 2.43. The van der Waals surface area contributed by atoms with E-state index >= 15 is 4.39 Å². The van der Waals surface area contributed by atoms with Gasteiger partial charge in [0.15, 0.2) is 5.83 Å². The van der Waals surface area contributed by atoms with Gasteiger partial charge in [-0.25, -0.2) is 18.0 Å². The number of fused-ring (bicyclic) bond motifs is 4. The first-order valence-corrected chi connectivity index (χ1v) is 17.5. The van der Waals surface area contributed by atoms with Gasteiger partial charge in [0.2, 0.25) is 6.79 Å². The molecule has 4 fully saturated rings. The summed E-state index contributed by atoms with van der Waals surface area (Å²) < 4.78 is 63.0. The zero-order chi connectivity index (χ0) is 37.6. The minimum Gasteiger partial charge on any atom is -0.508 e. The van der Waals surface area contributed by atoms with Crippen LogP contribution >= 0.6 is 0 Å². The molecule has 2 aromatic carbocycles. The van der Waals surface area contributed by atoms with Gasteiger partial charge in [-0.1, -0.05) is 12.0 Å². The number of rotatable bonds is 9. The van der Waals surface area contributed by atoms with Crippen molar-refractivity contribution in [3.8, 4) is 24.1 Å². The van der Waals surface area contributed by atoms with Crippen LogP contribution in [0.3, 0.4) is 0 Å². The summed E-state index contributed by atoms with van der Waals surface area (Å²) in [4.78, 5) is 43.1. The fourth-order valence-corrected chi connectivity index (χ4v) is 8.47. The highest BCUT2D eigenvalue weighted by Gasteiger charge is 2.50. The number of hydrogen-bond donors (Lipinski definition) is 1. The summed E-state index contributed by atoms with van der Waals surface area (Å²) in [7, 11) is 0. The Bertz CT molecular complexity index is 2060. The van der Waals surface area contributed by atoms with Gasteiger partial charge in [-0.15, -0.1) is 6.42 Å². The van der Waals surface area contributed by atoms with E-state index in [0.29, 0.717) is 55.7 Å². The summed E-state index contributed by atoms with van der Waals surface area (Å²) in [6, 6.07) is 4.49. The molecule has 0 saturated carbocycles. The van der Waals surface area contributed by atoms with Gasteiger partial charge in [0.05, 0.1) is 23.2 Å². The largest absolute Gasteiger partial charge is 0.508 e. The van der Waals surface area contributed by atoms with Gasteiger partial charge in [-0.2, -0.15) is 9.97 Å². The number of aromatic hydroxyl groups is 1. The molecule has 1 N–H and O–H groups in total. The lowest BCUT2D eigenvalue weighted by Crippen LogP contribution is -2.56. The Morgan fingerprint density at radius 2 is 1.92 bits per heavy atom. The molecule has 278 valence electrons. The number of ether oxygens (including phenoxy) is 3. The topological polar surface area (TPSA) is 130 Å². The Morgan fingerprint density at radius 3 is 2.62 bits per heavy atom. The van der Waals surface area contributed by atoms with E-state index in [4.69, 9.17) is 25.6 Å². The molecule has 2 unspecified atom stereocenters. The minimum absolute atomic E-state index is 0.00124. The number of terminal acetylenes is 1. The molecule has 0 spiro atoms. The van der Waals surface area contributed by atoms with E-state index in [2.05, 4.69) is 27.5 Å². The first kappa shape index (κ1) is 36.0. The summed E-state index contributed by atoms with van der Waals surface area (Å²) in [6.07, 6.45) is 7.35. The number of anilines is 1. The molecule has 4 aliphatic heterocycles. The van der Waals surface area contributed by atoms with Crippen LogP contribution in [0, 0.1) is 25.1 Å². The van der Waals surface area contributed by atoms with E-state index in [1.165, 1.54) is 31.2 Å². The van der Waals surface area contributed by atoms with Crippen LogP contribution in [-0.4, -0.2) is 107 Å². The molecule has 53 heavy (non-hydrogen) atoms. The number of carbonyl (C=O) groups is 2. The van der Waals surface area contributed by atoms with Gasteiger partial charge in [0, 0.05) is 49.5 Å². The molecule has 1 amide bonds. The first-order valence-electron chi connectivity index (χ1n) is 17.5. The molecule has 0 radical (unpaired) electrons. The number of amides is 1. The number of esters is 1. The SMILES string of the molecule is C#Cc1c(F)ccc2cc(O)cc(/C(N=C)=C(\F)c3nc(OC[C@@]45CCCN4C[C@H](F)C5)nc(N4CC5CCC(C4)N5C(=O)OCOC(C)=O)c3C)c12. The van der Waals surface area contributed by atoms with Gasteiger partial charge < -0.3 is 24.2 Å². The van der Waals surface area contributed by atoms with E-state index in [0.717, 1.165) is 19.4 Å². The fourth-order valence-electron chi connectivity index (χ4n) is 8.47. The maximum Gasteiger partial charge on any atom is 0.413 e. The zero-order valence-electron chi connectivity index (χ0n) is 29.4. The highest BCUT2D eigenvalue weighted by molar-refractivity contribution is 6.03. The number of benzene rings is 2. The Labute approximate surface area is 304 Å². The summed E-state index contributed by atoms with van der Waals surface area (Å²) in [5.41, 5.74) is -0.888. The second kappa shape index (κ2) is 14.2. The number of nitrogens with zero attached hydrogens (tertiary/aromatic N) is 6. The minimum atomic E-state index is -0.993. The van der Waals surface area contributed by atoms with Crippen molar-refractivity contribution < 1.29 is 42.1 Å². The van der Waals surface area contributed by atoms with Crippen molar-refractivity contribution in [2.24, 2.45) is 4.99 Å². The predicted octanol–water partition coefficient (Wildman–Crippen LogP) is 5.53. The molecular weight excluding hydrogens is 693 g/mol. The van der Waals surface area contributed by atoms with E-state index in [1.54, 1.807) is 11.8 Å². The number of aliphatic imine (C=N–C) groups is 1. The maximum absolute atomic E-state index is 17.2. The van der Waals surface area contributed by atoms with Crippen LogP contribution in [0.15, 0.2) is 29.3 Å². The lowest BCUT2D eigenvalue weighted by Gasteiger charge is -2.41. The normalized spacial score (nSPS) is 24.1. The van der Waals surface area contributed by atoms with Crippen LogP contribution < -0.4 is 9.64 Å². The molecule has 7 rings (SSSR count). The molecule has 4 saturated heterocycles. The quantitative estimate of drug-likeness (QED) is 0.130. The van der Waals surface area contributed by atoms with Crippen LogP contribution in [-0.2, 0) is 14.3 Å².